The van der Waals surface area contributed by atoms with Gasteiger partial charge in [0.05, 0.1) is 4.90 Å². The van der Waals surface area contributed by atoms with Gasteiger partial charge in [0.25, 0.3) is 0 Å². The Labute approximate surface area is 171 Å². The van der Waals surface area contributed by atoms with E-state index < -0.39 is 15.8 Å². The van der Waals surface area contributed by atoms with E-state index in [1.807, 2.05) is 0 Å². The van der Waals surface area contributed by atoms with Gasteiger partial charge in [0.2, 0.25) is 10.0 Å². The summed E-state index contributed by atoms with van der Waals surface area (Å²) < 4.78 is 40.5. The largest absolute Gasteiger partial charge is 0.338 e. The Balaban J connectivity index is 1.19. The summed E-state index contributed by atoms with van der Waals surface area (Å²) in [6, 6.07) is 5.28. The molecular formula is C20H29FN4O3S. The highest BCUT2D eigenvalue weighted by molar-refractivity contribution is 7.89. The van der Waals surface area contributed by atoms with Gasteiger partial charge in [-0.25, -0.2) is 22.3 Å². The van der Waals surface area contributed by atoms with Crippen molar-refractivity contribution in [3.05, 3.63) is 30.1 Å². The molecule has 7 nitrogen and oxygen atoms in total. The molecule has 9 heteroatoms. The number of hydrogen-bond acceptors (Lipinski definition) is 4. The van der Waals surface area contributed by atoms with Crippen LogP contribution >= 0.6 is 0 Å². The van der Waals surface area contributed by atoms with Crippen molar-refractivity contribution in [1.29, 1.82) is 0 Å². The van der Waals surface area contributed by atoms with Gasteiger partial charge in [0, 0.05) is 38.3 Å². The fraction of sp³-hybridized carbons (Fsp3) is 0.650. The molecule has 2 amide bonds. The minimum absolute atomic E-state index is 0.0517. The third-order valence-corrected chi connectivity index (χ3v) is 7.69. The Hall–Kier alpha value is -1.71. The highest BCUT2D eigenvalue weighted by atomic mass is 32.2. The van der Waals surface area contributed by atoms with Gasteiger partial charge < -0.3 is 15.1 Å². The number of halogens is 1. The van der Waals surface area contributed by atoms with Crippen molar-refractivity contribution in [2.45, 2.75) is 49.1 Å². The average Bonchev–Trinajstić information content (AvgIpc) is 3.45. The molecule has 0 spiro atoms. The fourth-order valence-corrected chi connectivity index (χ4v) is 5.55. The lowest BCUT2D eigenvalue weighted by atomic mass is 10.1. The molecule has 2 heterocycles. The van der Waals surface area contributed by atoms with Crippen LogP contribution in [0.4, 0.5) is 9.18 Å². The van der Waals surface area contributed by atoms with E-state index in [4.69, 9.17) is 0 Å². The van der Waals surface area contributed by atoms with E-state index in [0.717, 1.165) is 37.7 Å². The quantitative estimate of drug-likeness (QED) is 0.729. The number of amides is 2. The predicted molar refractivity (Wildman–Crippen MR) is 107 cm³/mol. The van der Waals surface area contributed by atoms with Gasteiger partial charge in [-0.15, -0.1) is 0 Å². The van der Waals surface area contributed by atoms with Crippen molar-refractivity contribution in [3.8, 4) is 0 Å². The fourth-order valence-electron chi connectivity index (χ4n) is 4.25. The monoisotopic (exact) mass is 424 g/mol. The standard InChI is InChI=1S/C20H29FN4O3S/c21-16-1-5-19(6-2-16)29(27,28)23-17-8-11-24(12-9-17)20(26)22-13-15-7-10-25(14-15)18-3-4-18/h1-2,5-6,15,17-18,23H,3-4,7-14H2,(H,22,26). The van der Waals surface area contributed by atoms with Crippen LogP contribution in [0, 0.1) is 11.7 Å². The summed E-state index contributed by atoms with van der Waals surface area (Å²) in [6.07, 6.45) is 4.90. The van der Waals surface area contributed by atoms with Gasteiger partial charge in [-0.3, -0.25) is 0 Å². The molecule has 2 aliphatic heterocycles. The minimum atomic E-state index is -3.68. The first-order chi connectivity index (χ1) is 13.9. The third kappa shape index (κ3) is 5.26. The first-order valence-corrected chi connectivity index (χ1v) is 11.9. The van der Waals surface area contributed by atoms with E-state index in [-0.39, 0.29) is 17.0 Å². The number of likely N-dealkylation sites (tertiary alicyclic amines) is 2. The molecule has 0 radical (unpaired) electrons. The van der Waals surface area contributed by atoms with Gasteiger partial charge in [-0.05, 0) is 68.8 Å². The highest BCUT2D eigenvalue weighted by Crippen LogP contribution is 2.31. The number of sulfonamides is 1. The molecule has 29 heavy (non-hydrogen) atoms. The summed E-state index contributed by atoms with van der Waals surface area (Å²) >= 11 is 0. The number of nitrogens with zero attached hydrogens (tertiary/aromatic N) is 2. The zero-order valence-corrected chi connectivity index (χ0v) is 17.3. The van der Waals surface area contributed by atoms with E-state index in [1.165, 1.54) is 25.0 Å². The van der Waals surface area contributed by atoms with Gasteiger partial charge in [0.15, 0.2) is 0 Å². The van der Waals surface area contributed by atoms with Crippen LogP contribution in [0.2, 0.25) is 0 Å². The molecule has 1 unspecified atom stereocenters. The number of benzene rings is 1. The third-order valence-electron chi connectivity index (χ3n) is 6.15. The zero-order chi connectivity index (χ0) is 20.4. The van der Waals surface area contributed by atoms with Crippen molar-refractivity contribution in [3.63, 3.8) is 0 Å². The molecule has 0 aromatic heterocycles. The number of urea groups is 1. The second-order valence-electron chi connectivity index (χ2n) is 8.40. The van der Waals surface area contributed by atoms with Crippen LogP contribution in [0.1, 0.15) is 32.1 Å². The van der Waals surface area contributed by atoms with E-state index in [9.17, 15) is 17.6 Å². The van der Waals surface area contributed by atoms with Crippen molar-refractivity contribution in [1.82, 2.24) is 19.8 Å². The van der Waals surface area contributed by atoms with Crippen LogP contribution in [0.15, 0.2) is 29.2 Å². The Kier molecular flexibility index (Phi) is 6.08. The van der Waals surface area contributed by atoms with Gasteiger partial charge >= 0.3 is 6.03 Å². The number of carbonyl (C=O) groups excluding carboxylic acids is 1. The van der Waals surface area contributed by atoms with E-state index in [0.29, 0.717) is 38.4 Å². The Morgan fingerprint density at radius 3 is 2.38 bits per heavy atom. The minimum Gasteiger partial charge on any atom is -0.338 e. The van der Waals surface area contributed by atoms with Crippen molar-refractivity contribution in [2.24, 2.45) is 5.92 Å². The van der Waals surface area contributed by atoms with E-state index >= 15 is 0 Å². The number of carbonyl (C=O) groups is 1. The molecule has 1 aromatic rings. The Bertz CT molecular complexity index is 821. The van der Waals surface area contributed by atoms with Crippen LogP contribution in [0.5, 0.6) is 0 Å². The van der Waals surface area contributed by atoms with Crippen molar-refractivity contribution < 1.29 is 17.6 Å². The second-order valence-corrected chi connectivity index (χ2v) is 10.1. The Morgan fingerprint density at radius 2 is 1.72 bits per heavy atom. The van der Waals surface area contributed by atoms with Crippen molar-refractivity contribution in [2.75, 3.05) is 32.7 Å². The lowest BCUT2D eigenvalue weighted by molar-refractivity contribution is 0.178. The molecule has 3 fully saturated rings. The molecule has 1 aliphatic carbocycles. The number of rotatable bonds is 6. The van der Waals surface area contributed by atoms with Crippen LogP contribution in [-0.4, -0.2) is 69.1 Å². The van der Waals surface area contributed by atoms with Gasteiger partial charge in [-0.1, -0.05) is 0 Å². The normalized spacial score (nSPS) is 24.0. The summed E-state index contributed by atoms with van der Waals surface area (Å²) in [4.78, 5) is 16.8. The van der Waals surface area contributed by atoms with Crippen LogP contribution in [0.25, 0.3) is 0 Å². The maximum absolute atomic E-state index is 13.0. The molecule has 160 valence electrons. The summed E-state index contributed by atoms with van der Waals surface area (Å²) in [5.41, 5.74) is 0. The topological polar surface area (TPSA) is 81.8 Å². The first-order valence-electron chi connectivity index (χ1n) is 10.5. The average molecular weight is 425 g/mol. The van der Waals surface area contributed by atoms with E-state index in [1.54, 1.807) is 4.90 Å². The molecule has 1 saturated carbocycles. The lowest BCUT2D eigenvalue weighted by Gasteiger charge is -2.32. The Morgan fingerprint density at radius 1 is 1.03 bits per heavy atom. The summed E-state index contributed by atoms with van der Waals surface area (Å²) in [6.45, 7) is 3.96. The molecule has 3 aliphatic rings. The second kappa shape index (κ2) is 8.57. The maximum atomic E-state index is 13.0. The molecule has 2 saturated heterocycles. The molecule has 4 rings (SSSR count). The predicted octanol–water partition coefficient (Wildman–Crippen LogP) is 1.76. The number of nitrogens with one attached hydrogen (secondary N) is 2. The molecular weight excluding hydrogens is 395 g/mol. The molecule has 1 atom stereocenters. The number of piperidine rings is 1. The summed E-state index contributed by atoms with van der Waals surface area (Å²) in [7, 11) is -3.68. The smallest absolute Gasteiger partial charge is 0.317 e. The molecule has 1 aromatic carbocycles. The zero-order valence-electron chi connectivity index (χ0n) is 16.5. The summed E-state index contributed by atoms with van der Waals surface area (Å²) in [5.74, 6) is 0.0562. The number of hydrogen-bond donors (Lipinski definition) is 2. The maximum Gasteiger partial charge on any atom is 0.317 e. The lowest BCUT2D eigenvalue weighted by Crippen LogP contribution is -2.50. The van der Waals surface area contributed by atoms with Gasteiger partial charge in [0.1, 0.15) is 5.82 Å². The first kappa shape index (κ1) is 20.6. The molecule has 2 N–H and O–H groups in total. The SMILES string of the molecule is O=C(NCC1CCN(C2CC2)C1)N1CCC(NS(=O)(=O)c2ccc(F)cc2)CC1. The van der Waals surface area contributed by atoms with Crippen LogP contribution < -0.4 is 10.0 Å². The molecule has 0 bridgehead atoms. The highest BCUT2D eigenvalue weighted by Gasteiger charge is 2.34. The van der Waals surface area contributed by atoms with Crippen molar-refractivity contribution >= 4 is 16.1 Å². The van der Waals surface area contributed by atoms with E-state index in [2.05, 4.69) is 14.9 Å². The van der Waals surface area contributed by atoms with Crippen LogP contribution in [0.3, 0.4) is 0 Å². The van der Waals surface area contributed by atoms with Gasteiger partial charge in [-0.2, -0.15) is 0 Å². The summed E-state index contributed by atoms with van der Waals surface area (Å²) in [5, 5.41) is 3.05. The van der Waals surface area contributed by atoms with Crippen LogP contribution in [-0.2, 0) is 10.0 Å².